The van der Waals surface area contributed by atoms with E-state index in [0.717, 1.165) is 12.4 Å². The standard InChI is InChI=1S/C22H24O6/c1-22(2)27-14-20(28-22)13-25-18-9-5-16(6-10-18)21(23)15-3-7-17(8-4-15)24-11-19-12-26-19/h3-10,19-20H,11-14H2,1-2H3. The number of hydrogen-bond donors (Lipinski definition) is 0. The molecule has 0 amide bonds. The van der Waals surface area contributed by atoms with E-state index < -0.39 is 5.79 Å². The highest BCUT2D eigenvalue weighted by Gasteiger charge is 2.33. The molecule has 0 aromatic heterocycles. The summed E-state index contributed by atoms with van der Waals surface area (Å²) in [7, 11) is 0. The molecule has 0 bridgehead atoms. The molecule has 2 aromatic carbocycles. The molecule has 0 N–H and O–H groups in total. The van der Waals surface area contributed by atoms with Crippen LogP contribution >= 0.6 is 0 Å². The summed E-state index contributed by atoms with van der Waals surface area (Å²) in [5.41, 5.74) is 1.22. The molecule has 6 heteroatoms. The van der Waals surface area contributed by atoms with E-state index in [1.807, 2.05) is 13.8 Å². The average molecular weight is 384 g/mol. The second-order valence-corrected chi connectivity index (χ2v) is 7.41. The molecule has 28 heavy (non-hydrogen) atoms. The molecule has 0 radical (unpaired) electrons. The van der Waals surface area contributed by atoms with Crippen LogP contribution < -0.4 is 9.47 Å². The number of ether oxygens (including phenoxy) is 5. The van der Waals surface area contributed by atoms with Gasteiger partial charge in [-0.1, -0.05) is 0 Å². The first-order valence-corrected chi connectivity index (χ1v) is 9.42. The van der Waals surface area contributed by atoms with Gasteiger partial charge in [0.25, 0.3) is 0 Å². The fourth-order valence-electron chi connectivity index (χ4n) is 2.96. The Morgan fingerprint density at radius 3 is 1.82 bits per heavy atom. The van der Waals surface area contributed by atoms with Gasteiger partial charge in [0, 0.05) is 11.1 Å². The van der Waals surface area contributed by atoms with Gasteiger partial charge in [0.05, 0.1) is 13.2 Å². The van der Waals surface area contributed by atoms with E-state index in [2.05, 4.69) is 0 Å². The maximum absolute atomic E-state index is 12.6. The number of epoxide rings is 1. The summed E-state index contributed by atoms with van der Waals surface area (Å²) in [6, 6.07) is 14.3. The first kappa shape index (κ1) is 18.9. The van der Waals surface area contributed by atoms with Crippen LogP contribution in [0.25, 0.3) is 0 Å². The normalized spacial score (nSPS) is 22.6. The lowest BCUT2D eigenvalue weighted by Crippen LogP contribution is -2.25. The molecule has 0 saturated carbocycles. The monoisotopic (exact) mass is 384 g/mol. The van der Waals surface area contributed by atoms with Crippen LogP contribution in [0.5, 0.6) is 11.5 Å². The quantitative estimate of drug-likeness (QED) is 0.514. The second-order valence-electron chi connectivity index (χ2n) is 7.41. The summed E-state index contributed by atoms with van der Waals surface area (Å²) >= 11 is 0. The molecule has 0 aliphatic carbocycles. The van der Waals surface area contributed by atoms with Crippen molar-refractivity contribution in [1.29, 1.82) is 0 Å². The van der Waals surface area contributed by atoms with Crippen molar-refractivity contribution in [3.05, 3.63) is 59.7 Å². The Bertz CT molecular complexity index is 808. The van der Waals surface area contributed by atoms with Gasteiger partial charge in [-0.15, -0.1) is 0 Å². The molecule has 2 atom stereocenters. The minimum absolute atomic E-state index is 0.0436. The van der Waals surface area contributed by atoms with Crippen molar-refractivity contribution in [1.82, 2.24) is 0 Å². The largest absolute Gasteiger partial charge is 0.491 e. The van der Waals surface area contributed by atoms with E-state index in [-0.39, 0.29) is 18.0 Å². The second kappa shape index (κ2) is 7.91. The smallest absolute Gasteiger partial charge is 0.193 e. The molecular weight excluding hydrogens is 360 g/mol. The van der Waals surface area contributed by atoms with Crippen LogP contribution in [-0.2, 0) is 14.2 Å². The van der Waals surface area contributed by atoms with Gasteiger partial charge in [-0.25, -0.2) is 0 Å². The summed E-state index contributed by atoms with van der Waals surface area (Å²) in [5.74, 6) is 0.821. The highest BCUT2D eigenvalue weighted by atomic mass is 16.7. The van der Waals surface area contributed by atoms with E-state index >= 15 is 0 Å². The SMILES string of the molecule is CC1(C)OCC(COc2ccc(C(=O)c3ccc(OCC4CO4)cc3)cc2)O1. The van der Waals surface area contributed by atoms with Gasteiger partial charge in [0.2, 0.25) is 0 Å². The number of rotatable bonds is 8. The van der Waals surface area contributed by atoms with Gasteiger partial charge >= 0.3 is 0 Å². The molecule has 2 unspecified atom stereocenters. The third kappa shape index (κ3) is 4.90. The Hall–Kier alpha value is -2.41. The topological polar surface area (TPSA) is 66.5 Å². The fraction of sp³-hybridized carbons (Fsp3) is 0.409. The van der Waals surface area contributed by atoms with E-state index in [0.29, 0.717) is 36.7 Å². The van der Waals surface area contributed by atoms with Crippen LogP contribution in [0.1, 0.15) is 29.8 Å². The molecule has 2 aromatic rings. The fourth-order valence-corrected chi connectivity index (χ4v) is 2.96. The molecule has 2 fully saturated rings. The van der Waals surface area contributed by atoms with Crippen LogP contribution in [0.15, 0.2) is 48.5 Å². The maximum Gasteiger partial charge on any atom is 0.193 e. The molecule has 2 heterocycles. The predicted molar refractivity (Wildman–Crippen MR) is 102 cm³/mol. The summed E-state index contributed by atoms with van der Waals surface area (Å²) < 4.78 is 27.7. The lowest BCUT2D eigenvalue weighted by atomic mass is 10.0. The van der Waals surface area contributed by atoms with Crippen LogP contribution in [-0.4, -0.2) is 50.2 Å². The van der Waals surface area contributed by atoms with Gasteiger partial charge in [0.1, 0.15) is 36.9 Å². The van der Waals surface area contributed by atoms with Crippen molar-refractivity contribution in [2.45, 2.75) is 31.8 Å². The van der Waals surface area contributed by atoms with Crippen molar-refractivity contribution >= 4 is 5.78 Å². The first-order chi connectivity index (χ1) is 13.5. The lowest BCUT2D eigenvalue weighted by Gasteiger charge is -2.17. The zero-order valence-corrected chi connectivity index (χ0v) is 16.1. The Kier molecular flexibility index (Phi) is 5.35. The lowest BCUT2D eigenvalue weighted by molar-refractivity contribution is -0.141. The van der Waals surface area contributed by atoms with Crippen LogP contribution in [0.2, 0.25) is 0 Å². The summed E-state index contributed by atoms with van der Waals surface area (Å²) in [6.45, 7) is 5.99. The Morgan fingerprint density at radius 2 is 1.39 bits per heavy atom. The third-order valence-electron chi connectivity index (χ3n) is 4.57. The van der Waals surface area contributed by atoms with Crippen LogP contribution in [0.3, 0.4) is 0 Å². The Balaban J connectivity index is 1.30. The zero-order valence-electron chi connectivity index (χ0n) is 16.1. The predicted octanol–water partition coefficient (Wildman–Crippen LogP) is 3.23. The van der Waals surface area contributed by atoms with E-state index in [1.165, 1.54) is 0 Å². The highest BCUT2D eigenvalue weighted by Crippen LogP contribution is 2.24. The Labute approximate surface area is 164 Å². The minimum Gasteiger partial charge on any atom is -0.491 e. The van der Waals surface area contributed by atoms with Gasteiger partial charge in [-0.3, -0.25) is 4.79 Å². The molecule has 2 saturated heterocycles. The summed E-state index contributed by atoms with van der Waals surface area (Å²) in [5, 5.41) is 0. The van der Waals surface area contributed by atoms with Gasteiger partial charge in [0.15, 0.2) is 11.6 Å². The van der Waals surface area contributed by atoms with Crippen molar-refractivity contribution in [2.75, 3.05) is 26.4 Å². The number of benzene rings is 2. The van der Waals surface area contributed by atoms with Crippen molar-refractivity contribution < 1.29 is 28.5 Å². The summed E-state index contributed by atoms with van der Waals surface area (Å²) in [6.07, 6.45) is 0.116. The van der Waals surface area contributed by atoms with E-state index in [9.17, 15) is 4.79 Å². The van der Waals surface area contributed by atoms with E-state index in [1.54, 1.807) is 48.5 Å². The maximum atomic E-state index is 12.6. The van der Waals surface area contributed by atoms with Crippen molar-refractivity contribution in [3.63, 3.8) is 0 Å². The van der Waals surface area contributed by atoms with Gasteiger partial charge in [-0.05, 0) is 62.4 Å². The average Bonchev–Trinajstić information content (AvgIpc) is 3.47. The van der Waals surface area contributed by atoms with Gasteiger partial charge < -0.3 is 23.7 Å². The number of hydrogen-bond acceptors (Lipinski definition) is 6. The van der Waals surface area contributed by atoms with Crippen LogP contribution in [0.4, 0.5) is 0 Å². The number of ketones is 1. The number of carbonyl (C=O) groups is 1. The minimum atomic E-state index is -0.559. The molecule has 2 aliphatic rings. The molecule has 148 valence electrons. The molecular formula is C22H24O6. The van der Waals surface area contributed by atoms with Crippen LogP contribution in [0, 0.1) is 0 Å². The van der Waals surface area contributed by atoms with Gasteiger partial charge in [-0.2, -0.15) is 0 Å². The molecule has 4 rings (SSSR count). The third-order valence-corrected chi connectivity index (χ3v) is 4.57. The molecule has 6 nitrogen and oxygen atoms in total. The van der Waals surface area contributed by atoms with Crippen molar-refractivity contribution in [2.24, 2.45) is 0 Å². The Morgan fingerprint density at radius 1 is 0.893 bits per heavy atom. The van der Waals surface area contributed by atoms with E-state index in [4.69, 9.17) is 23.7 Å². The zero-order chi connectivity index (χ0) is 19.6. The molecule has 2 aliphatic heterocycles. The summed E-state index contributed by atoms with van der Waals surface area (Å²) in [4.78, 5) is 12.6. The number of carbonyl (C=O) groups excluding carboxylic acids is 1. The molecule has 0 spiro atoms. The highest BCUT2D eigenvalue weighted by molar-refractivity contribution is 6.09. The van der Waals surface area contributed by atoms with Crippen molar-refractivity contribution in [3.8, 4) is 11.5 Å². The first-order valence-electron chi connectivity index (χ1n) is 9.42.